The SMILES string of the molecule is CC(C)CCN(C)c1ccc(F)cc1CBr. The number of halogens is 2. The van der Waals surface area contributed by atoms with Crippen molar-refractivity contribution in [3.8, 4) is 0 Å². The molecule has 0 radical (unpaired) electrons. The largest absolute Gasteiger partial charge is 0.374 e. The summed E-state index contributed by atoms with van der Waals surface area (Å²) < 4.78 is 13.1. The summed E-state index contributed by atoms with van der Waals surface area (Å²) in [5, 5.41) is 0.687. The van der Waals surface area contributed by atoms with E-state index in [-0.39, 0.29) is 5.82 Å². The summed E-state index contributed by atoms with van der Waals surface area (Å²) in [5.41, 5.74) is 2.12. The number of hydrogen-bond donors (Lipinski definition) is 0. The van der Waals surface area contributed by atoms with Crippen molar-refractivity contribution in [2.24, 2.45) is 5.92 Å². The van der Waals surface area contributed by atoms with Crippen LogP contribution in [0, 0.1) is 11.7 Å². The fraction of sp³-hybridized carbons (Fsp3) is 0.538. The number of rotatable bonds is 5. The number of alkyl halides is 1. The van der Waals surface area contributed by atoms with E-state index in [1.165, 1.54) is 6.07 Å². The standard InChI is InChI=1S/C13H19BrFN/c1-10(2)6-7-16(3)13-5-4-12(15)8-11(13)9-14/h4-5,8,10H,6-7,9H2,1-3H3. The van der Waals surface area contributed by atoms with Gasteiger partial charge in [0.25, 0.3) is 0 Å². The van der Waals surface area contributed by atoms with Gasteiger partial charge in [-0.25, -0.2) is 4.39 Å². The van der Waals surface area contributed by atoms with Gasteiger partial charge >= 0.3 is 0 Å². The van der Waals surface area contributed by atoms with Gasteiger partial charge in [0.1, 0.15) is 5.82 Å². The topological polar surface area (TPSA) is 3.24 Å². The van der Waals surface area contributed by atoms with Crippen LogP contribution in [0.5, 0.6) is 0 Å². The smallest absolute Gasteiger partial charge is 0.123 e. The van der Waals surface area contributed by atoms with Gasteiger partial charge in [0.15, 0.2) is 0 Å². The summed E-state index contributed by atoms with van der Waals surface area (Å²) in [6, 6.07) is 4.97. The van der Waals surface area contributed by atoms with Crippen molar-refractivity contribution in [2.75, 3.05) is 18.5 Å². The highest BCUT2D eigenvalue weighted by Crippen LogP contribution is 2.23. The number of benzene rings is 1. The third kappa shape index (κ3) is 3.78. The number of nitrogens with zero attached hydrogens (tertiary/aromatic N) is 1. The van der Waals surface area contributed by atoms with Crippen LogP contribution >= 0.6 is 15.9 Å². The minimum atomic E-state index is -0.171. The van der Waals surface area contributed by atoms with Crippen molar-refractivity contribution < 1.29 is 4.39 Å². The van der Waals surface area contributed by atoms with Gasteiger partial charge in [-0.15, -0.1) is 0 Å². The molecule has 0 saturated carbocycles. The molecule has 1 aromatic carbocycles. The third-order valence-electron chi connectivity index (χ3n) is 2.64. The summed E-state index contributed by atoms with van der Waals surface area (Å²) in [6.07, 6.45) is 1.15. The van der Waals surface area contributed by atoms with Crippen LogP contribution in [0.25, 0.3) is 0 Å². The van der Waals surface area contributed by atoms with Gasteiger partial charge in [0.2, 0.25) is 0 Å². The lowest BCUT2D eigenvalue weighted by Crippen LogP contribution is -2.21. The Balaban J connectivity index is 2.77. The van der Waals surface area contributed by atoms with Crippen LogP contribution in [0.15, 0.2) is 18.2 Å². The van der Waals surface area contributed by atoms with Gasteiger partial charge in [0, 0.05) is 24.6 Å². The number of anilines is 1. The van der Waals surface area contributed by atoms with Crippen molar-refractivity contribution >= 4 is 21.6 Å². The minimum Gasteiger partial charge on any atom is -0.374 e. The minimum absolute atomic E-state index is 0.171. The summed E-state index contributed by atoms with van der Waals surface area (Å²) in [5.74, 6) is 0.519. The van der Waals surface area contributed by atoms with Crippen molar-refractivity contribution in [3.05, 3.63) is 29.6 Å². The fourth-order valence-electron chi connectivity index (χ4n) is 1.61. The monoisotopic (exact) mass is 287 g/mol. The van der Waals surface area contributed by atoms with E-state index in [2.05, 4.69) is 41.7 Å². The first kappa shape index (κ1) is 13.5. The molecule has 0 bridgehead atoms. The average Bonchev–Trinajstić information content (AvgIpc) is 2.25. The molecule has 0 spiro atoms. The molecular weight excluding hydrogens is 269 g/mol. The molecule has 16 heavy (non-hydrogen) atoms. The molecular formula is C13H19BrFN. The average molecular weight is 288 g/mol. The first-order valence-electron chi connectivity index (χ1n) is 5.60. The second-order valence-corrected chi connectivity index (χ2v) is 5.07. The lowest BCUT2D eigenvalue weighted by Gasteiger charge is -2.22. The van der Waals surface area contributed by atoms with Crippen molar-refractivity contribution in [1.29, 1.82) is 0 Å². The van der Waals surface area contributed by atoms with Gasteiger partial charge in [-0.1, -0.05) is 29.8 Å². The van der Waals surface area contributed by atoms with Crippen LogP contribution in [-0.4, -0.2) is 13.6 Å². The maximum atomic E-state index is 13.1. The fourth-order valence-corrected chi connectivity index (χ4v) is 2.05. The molecule has 1 rings (SSSR count). The van der Waals surface area contributed by atoms with Gasteiger partial charge in [-0.2, -0.15) is 0 Å². The number of hydrogen-bond acceptors (Lipinski definition) is 1. The highest BCUT2D eigenvalue weighted by Gasteiger charge is 2.08. The second kappa shape index (κ2) is 6.24. The zero-order chi connectivity index (χ0) is 12.1. The molecule has 1 nitrogen and oxygen atoms in total. The van der Waals surface area contributed by atoms with E-state index in [0.29, 0.717) is 11.2 Å². The molecule has 0 N–H and O–H groups in total. The summed E-state index contributed by atoms with van der Waals surface area (Å²) >= 11 is 3.40. The Morgan fingerprint density at radius 1 is 1.38 bits per heavy atom. The Morgan fingerprint density at radius 3 is 2.62 bits per heavy atom. The highest BCUT2D eigenvalue weighted by atomic mass is 79.9. The molecule has 0 fully saturated rings. The predicted octanol–water partition coefficient (Wildman–Crippen LogP) is 4.20. The van der Waals surface area contributed by atoms with E-state index in [1.54, 1.807) is 6.07 Å². The Hall–Kier alpha value is -0.570. The van der Waals surface area contributed by atoms with Gasteiger partial charge in [0.05, 0.1) is 0 Å². The van der Waals surface area contributed by atoms with Crippen molar-refractivity contribution in [1.82, 2.24) is 0 Å². The molecule has 0 aliphatic carbocycles. The molecule has 0 atom stereocenters. The van der Waals surface area contributed by atoms with E-state index >= 15 is 0 Å². The highest BCUT2D eigenvalue weighted by molar-refractivity contribution is 9.08. The summed E-state index contributed by atoms with van der Waals surface area (Å²) in [7, 11) is 2.06. The Labute approximate surface area is 106 Å². The molecule has 90 valence electrons. The molecule has 0 aliphatic rings. The molecule has 0 aliphatic heterocycles. The maximum Gasteiger partial charge on any atom is 0.123 e. The van der Waals surface area contributed by atoms with Crippen LogP contribution in [0.4, 0.5) is 10.1 Å². The second-order valence-electron chi connectivity index (χ2n) is 4.51. The van der Waals surface area contributed by atoms with Crippen molar-refractivity contribution in [3.63, 3.8) is 0 Å². The predicted molar refractivity (Wildman–Crippen MR) is 71.8 cm³/mol. The third-order valence-corrected chi connectivity index (χ3v) is 3.24. The van der Waals surface area contributed by atoms with Crippen LogP contribution in [-0.2, 0) is 5.33 Å². The first-order valence-corrected chi connectivity index (χ1v) is 6.72. The molecule has 0 amide bonds. The zero-order valence-corrected chi connectivity index (χ0v) is 11.7. The molecule has 0 heterocycles. The van der Waals surface area contributed by atoms with Crippen LogP contribution in [0.2, 0.25) is 0 Å². The van der Waals surface area contributed by atoms with Crippen molar-refractivity contribution in [2.45, 2.75) is 25.6 Å². The molecule has 3 heteroatoms. The lowest BCUT2D eigenvalue weighted by atomic mass is 10.1. The first-order chi connectivity index (χ1) is 7.54. The molecule has 1 aromatic rings. The quantitative estimate of drug-likeness (QED) is 0.734. The Kier molecular flexibility index (Phi) is 5.26. The molecule has 0 unspecified atom stereocenters. The zero-order valence-electron chi connectivity index (χ0n) is 10.1. The van der Waals surface area contributed by atoms with Gasteiger partial charge in [-0.05, 0) is 36.1 Å². The van der Waals surface area contributed by atoms with Crippen LogP contribution in [0.3, 0.4) is 0 Å². The van der Waals surface area contributed by atoms with E-state index in [4.69, 9.17) is 0 Å². The lowest BCUT2D eigenvalue weighted by molar-refractivity contribution is 0.584. The van der Waals surface area contributed by atoms with E-state index in [1.807, 2.05) is 6.07 Å². The van der Waals surface area contributed by atoms with Gasteiger partial charge < -0.3 is 4.90 Å². The van der Waals surface area contributed by atoms with E-state index < -0.39 is 0 Å². The van der Waals surface area contributed by atoms with E-state index in [9.17, 15) is 4.39 Å². The molecule has 0 aromatic heterocycles. The summed E-state index contributed by atoms with van der Waals surface area (Å²) in [6.45, 7) is 5.43. The van der Waals surface area contributed by atoms with Gasteiger partial charge in [-0.3, -0.25) is 0 Å². The molecule has 0 saturated heterocycles. The Bertz CT molecular complexity index is 339. The Morgan fingerprint density at radius 2 is 2.06 bits per heavy atom. The van der Waals surface area contributed by atoms with Crippen LogP contribution in [0.1, 0.15) is 25.8 Å². The van der Waals surface area contributed by atoms with Crippen LogP contribution < -0.4 is 4.90 Å². The van der Waals surface area contributed by atoms with E-state index in [0.717, 1.165) is 24.2 Å². The maximum absolute atomic E-state index is 13.1. The normalized spacial score (nSPS) is 10.9. The summed E-state index contributed by atoms with van der Waals surface area (Å²) in [4.78, 5) is 2.19.